The lowest BCUT2D eigenvalue weighted by molar-refractivity contribution is -0.147. The number of benzene rings is 1. The highest BCUT2D eigenvalue weighted by Gasteiger charge is 2.40. The molecule has 13 heteroatoms. The number of hydrogen-bond donors (Lipinski definition) is 2. The van der Waals surface area contributed by atoms with Crippen molar-refractivity contribution in [2.24, 2.45) is 7.05 Å². The first-order valence-electron chi connectivity index (χ1n) is 7.44. The van der Waals surface area contributed by atoms with E-state index in [-0.39, 0.29) is 0 Å². The molecule has 0 fully saturated rings. The first kappa shape index (κ1) is 21.8. The third kappa shape index (κ3) is 4.47. The van der Waals surface area contributed by atoms with E-state index >= 15 is 0 Å². The number of carbonyl (C=O) groups excluding carboxylic acids is 1. The summed E-state index contributed by atoms with van der Waals surface area (Å²) in [5.41, 5.74) is -1.40. The van der Waals surface area contributed by atoms with Gasteiger partial charge in [-0.1, -0.05) is 0 Å². The summed E-state index contributed by atoms with van der Waals surface area (Å²) in [6.07, 6.45) is -4.32. The molecule has 0 aliphatic rings. The van der Waals surface area contributed by atoms with Crippen molar-refractivity contribution in [3.8, 4) is 0 Å². The van der Waals surface area contributed by atoms with Crippen molar-refractivity contribution in [1.82, 2.24) is 9.29 Å². The van der Waals surface area contributed by atoms with Crippen LogP contribution in [0, 0.1) is 17.5 Å². The molecule has 0 saturated carbocycles. The van der Waals surface area contributed by atoms with Gasteiger partial charge in [0.2, 0.25) is 10.0 Å². The first-order chi connectivity index (χ1) is 12.7. The summed E-state index contributed by atoms with van der Waals surface area (Å²) in [4.78, 5) is 11.0. The van der Waals surface area contributed by atoms with E-state index in [0.29, 0.717) is 23.8 Å². The summed E-state index contributed by atoms with van der Waals surface area (Å²) in [5, 5.41) is 1.93. The average Bonchev–Trinajstić information content (AvgIpc) is 2.84. The van der Waals surface area contributed by atoms with Crippen molar-refractivity contribution < 1.29 is 39.6 Å². The van der Waals surface area contributed by atoms with Crippen LogP contribution in [0.3, 0.4) is 0 Å². The Morgan fingerprint density at radius 1 is 1.18 bits per heavy atom. The Labute approximate surface area is 155 Å². The Balaban J connectivity index is 2.36. The molecule has 0 saturated heterocycles. The van der Waals surface area contributed by atoms with Gasteiger partial charge in [-0.2, -0.15) is 17.9 Å². The van der Waals surface area contributed by atoms with Crippen LogP contribution in [0.25, 0.3) is 0 Å². The zero-order valence-electron chi connectivity index (χ0n) is 14.2. The molecule has 1 heterocycles. The minimum Gasteiger partial charge on any atom is -0.343 e. The summed E-state index contributed by atoms with van der Waals surface area (Å²) in [5.74, 6) is -5.03. The molecule has 2 aromatic rings. The Bertz CT molecular complexity index is 1020. The number of nitrogens with zero attached hydrogens (tertiary/aromatic N) is 1. The number of halogens is 6. The summed E-state index contributed by atoms with van der Waals surface area (Å²) >= 11 is 0. The number of aromatic nitrogens is 1. The van der Waals surface area contributed by atoms with E-state index in [1.165, 1.54) is 4.72 Å². The molecular formula is C15H13F6N3O3S. The van der Waals surface area contributed by atoms with E-state index in [2.05, 4.69) is 0 Å². The minimum atomic E-state index is -4.96. The van der Waals surface area contributed by atoms with Gasteiger partial charge in [0.15, 0.2) is 5.82 Å². The number of anilines is 1. The molecule has 0 aliphatic heterocycles. The van der Waals surface area contributed by atoms with Gasteiger partial charge in [0.05, 0.1) is 5.69 Å². The van der Waals surface area contributed by atoms with Gasteiger partial charge in [-0.15, -0.1) is 0 Å². The van der Waals surface area contributed by atoms with Gasteiger partial charge in [0.25, 0.3) is 5.91 Å². The maximum atomic E-state index is 14.5. The lowest BCUT2D eigenvalue weighted by Crippen LogP contribution is -2.43. The van der Waals surface area contributed by atoms with Crippen LogP contribution in [0.15, 0.2) is 29.3 Å². The number of hydrogen-bond acceptors (Lipinski definition) is 3. The maximum absolute atomic E-state index is 14.5. The van der Waals surface area contributed by atoms with Gasteiger partial charge in [-0.05, 0) is 19.1 Å². The standard InChI is InChI=1S/C15H13F6N3O3S/c1-7(15(19,20)21)23-28(26,27)11-6-24(2)13(12(11)18)14(25)22-10-4-3-8(16)5-9(10)17/h3-7,23H,1-2H3,(H,22,25). The molecule has 1 aromatic carbocycles. The van der Waals surface area contributed by atoms with Crippen LogP contribution in [0.1, 0.15) is 17.4 Å². The molecule has 0 radical (unpaired) electrons. The second-order valence-electron chi connectivity index (χ2n) is 5.73. The quantitative estimate of drug-likeness (QED) is 0.718. The largest absolute Gasteiger partial charge is 0.404 e. The number of sulfonamides is 1. The molecule has 28 heavy (non-hydrogen) atoms. The van der Waals surface area contributed by atoms with Gasteiger partial charge in [-0.25, -0.2) is 21.6 Å². The van der Waals surface area contributed by atoms with Crippen LogP contribution in [-0.2, 0) is 17.1 Å². The first-order valence-corrected chi connectivity index (χ1v) is 8.92. The lowest BCUT2D eigenvalue weighted by atomic mass is 10.3. The predicted molar refractivity (Wildman–Crippen MR) is 85.5 cm³/mol. The second kappa shape index (κ2) is 7.47. The lowest BCUT2D eigenvalue weighted by Gasteiger charge is -2.16. The van der Waals surface area contributed by atoms with Crippen molar-refractivity contribution in [2.75, 3.05) is 5.32 Å². The van der Waals surface area contributed by atoms with Crippen LogP contribution in [0.5, 0.6) is 0 Å². The summed E-state index contributed by atoms with van der Waals surface area (Å²) in [7, 11) is -3.90. The third-order valence-electron chi connectivity index (χ3n) is 3.59. The van der Waals surface area contributed by atoms with Crippen LogP contribution >= 0.6 is 0 Å². The summed E-state index contributed by atoms with van der Waals surface area (Å²) in [6, 6.07) is -0.385. The Hall–Kier alpha value is -2.54. The van der Waals surface area contributed by atoms with E-state index in [9.17, 15) is 39.6 Å². The van der Waals surface area contributed by atoms with Crippen molar-refractivity contribution in [2.45, 2.75) is 24.0 Å². The zero-order chi connectivity index (χ0) is 21.4. The molecule has 0 spiro atoms. The Morgan fingerprint density at radius 3 is 2.32 bits per heavy atom. The molecule has 1 aromatic heterocycles. The zero-order valence-corrected chi connectivity index (χ0v) is 15.1. The van der Waals surface area contributed by atoms with Gasteiger partial charge < -0.3 is 9.88 Å². The van der Waals surface area contributed by atoms with E-state index in [1.54, 1.807) is 0 Å². The fourth-order valence-electron chi connectivity index (χ4n) is 2.15. The smallest absolute Gasteiger partial charge is 0.343 e. The predicted octanol–water partition coefficient (Wildman–Crippen LogP) is 2.92. The molecule has 6 nitrogen and oxygen atoms in total. The SMILES string of the molecule is CC(NS(=O)(=O)c1cn(C)c(C(=O)Nc2ccc(F)cc2F)c1F)C(F)(F)F. The highest BCUT2D eigenvalue weighted by atomic mass is 32.2. The number of aryl methyl sites for hydroxylation is 1. The Kier molecular flexibility index (Phi) is 5.80. The highest BCUT2D eigenvalue weighted by Crippen LogP contribution is 2.25. The molecule has 2 rings (SSSR count). The van der Waals surface area contributed by atoms with Crippen LogP contribution in [0.4, 0.5) is 32.0 Å². The highest BCUT2D eigenvalue weighted by molar-refractivity contribution is 7.89. The number of amides is 1. The molecule has 1 atom stereocenters. The molecule has 1 amide bonds. The molecule has 0 aliphatic carbocycles. The molecular weight excluding hydrogens is 416 g/mol. The average molecular weight is 429 g/mol. The number of nitrogens with one attached hydrogen (secondary N) is 2. The molecule has 0 bridgehead atoms. The van der Waals surface area contributed by atoms with E-state index in [4.69, 9.17) is 0 Å². The van der Waals surface area contributed by atoms with Crippen LogP contribution in [-0.4, -0.2) is 31.1 Å². The maximum Gasteiger partial charge on any atom is 0.404 e. The van der Waals surface area contributed by atoms with Crippen molar-refractivity contribution in [3.63, 3.8) is 0 Å². The second-order valence-corrected chi connectivity index (χ2v) is 7.41. The fraction of sp³-hybridized carbons (Fsp3) is 0.267. The van der Waals surface area contributed by atoms with Gasteiger partial charge >= 0.3 is 6.18 Å². The third-order valence-corrected chi connectivity index (χ3v) is 5.12. The van der Waals surface area contributed by atoms with Crippen molar-refractivity contribution >= 4 is 21.6 Å². The van der Waals surface area contributed by atoms with E-state index in [1.807, 2.05) is 5.32 Å². The van der Waals surface area contributed by atoms with Crippen LogP contribution < -0.4 is 10.0 Å². The minimum absolute atomic E-state index is 0.454. The monoisotopic (exact) mass is 429 g/mol. The van der Waals surface area contributed by atoms with Gasteiger partial charge in [0, 0.05) is 19.3 Å². The molecule has 2 N–H and O–H groups in total. The van der Waals surface area contributed by atoms with Crippen LogP contribution in [0.2, 0.25) is 0 Å². The normalized spacial score (nSPS) is 13.4. The van der Waals surface area contributed by atoms with E-state index < -0.39 is 61.9 Å². The molecule has 154 valence electrons. The van der Waals surface area contributed by atoms with E-state index in [0.717, 1.165) is 19.2 Å². The summed E-state index contributed by atoms with van der Waals surface area (Å²) in [6.45, 7) is 0.517. The van der Waals surface area contributed by atoms with Crippen molar-refractivity contribution in [1.29, 1.82) is 0 Å². The van der Waals surface area contributed by atoms with Crippen molar-refractivity contribution in [3.05, 3.63) is 47.5 Å². The summed E-state index contributed by atoms with van der Waals surface area (Å²) < 4.78 is 105. The fourth-order valence-corrected chi connectivity index (χ4v) is 3.51. The number of alkyl halides is 3. The Morgan fingerprint density at radius 2 is 1.79 bits per heavy atom. The van der Waals surface area contributed by atoms with Gasteiger partial charge in [-0.3, -0.25) is 4.79 Å². The topological polar surface area (TPSA) is 80.2 Å². The van der Waals surface area contributed by atoms with Gasteiger partial charge in [0.1, 0.15) is 28.3 Å². The number of carbonyl (C=O) groups is 1. The number of rotatable bonds is 5. The molecule has 1 unspecified atom stereocenters.